The van der Waals surface area contributed by atoms with Crippen LogP contribution in [0.3, 0.4) is 0 Å². The third-order valence-corrected chi connectivity index (χ3v) is 5.15. The summed E-state index contributed by atoms with van der Waals surface area (Å²) >= 11 is 4.46. The Labute approximate surface area is 90.5 Å². The molecule has 1 saturated carbocycles. The first kappa shape index (κ1) is 9.46. The predicted octanol–water partition coefficient (Wildman–Crippen LogP) is 2.27. The zero-order valence-electron chi connectivity index (χ0n) is 8.45. The Balaban J connectivity index is 1.89. The number of alkyl halides is 1. The highest BCUT2D eigenvalue weighted by Gasteiger charge is 2.56. The molecule has 3 heteroatoms. The van der Waals surface area contributed by atoms with E-state index in [1.807, 2.05) is 0 Å². The highest BCUT2D eigenvalue weighted by molar-refractivity contribution is 7.80. The molecule has 2 aliphatic heterocycles. The quantitative estimate of drug-likeness (QED) is 0.657. The van der Waals surface area contributed by atoms with Crippen molar-refractivity contribution in [3.05, 3.63) is 0 Å². The summed E-state index contributed by atoms with van der Waals surface area (Å²) in [6.07, 6.45) is 5.38. The summed E-state index contributed by atoms with van der Waals surface area (Å²) in [4.78, 5) is 2.46. The Bertz CT molecular complexity index is 247. The van der Waals surface area contributed by atoms with Gasteiger partial charge in [0.15, 0.2) is 0 Å². The van der Waals surface area contributed by atoms with Crippen LogP contribution in [0.15, 0.2) is 0 Å². The molecule has 0 radical (unpaired) electrons. The summed E-state index contributed by atoms with van der Waals surface area (Å²) in [5.74, 6) is 1.70. The lowest BCUT2D eigenvalue weighted by molar-refractivity contribution is 0.165. The van der Waals surface area contributed by atoms with E-state index in [0.717, 1.165) is 18.1 Å². The first-order valence-electron chi connectivity index (χ1n) is 5.77. The lowest BCUT2D eigenvalue weighted by atomic mass is 9.90. The minimum absolute atomic E-state index is 0.137. The van der Waals surface area contributed by atoms with Crippen LogP contribution in [0.2, 0.25) is 0 Å². The van der Waals surface area contributed by atoms with Crippen LogP contribution in [-0.2, 0) is 0 Å². The second-order valence-electron chi connectivity index (χ2n) is 5.30. The Morgan fingerprint density at radius 3 is 3.00 bits per heavy atom. The minimum Gasteiger partial charge on any atom is -0.291 e. The standard InChI is InChI=1S/C11H18FNS/c12-9-5-11(7-14)4-8-2-1-3-10(8)13(11)6-9/h8-10,14H,1-7H2/t8-,9-,10-,11-/m1/s1. The van der Waals surface area contributed by atoms with Crippen LogP contribution in [0.5, 0.6) is 0 Å². The lowest BCUT2D eigenvalue weighted by Gasteiger charge is -2.32. The van der Waals surface area contributed by atoms with Crippen LogP contribution in [0.25, 0.3) is 0 Å². The lowest BCUT2D eigenvalue weighted by Crippen LogP contribution is -2.43. The van der Waals surface area contributed by atoms with Gasteiger partial charge in [-0.1, -0.05) is 6.42 Å². The van der Waals surface area contributed by atoms with E-state index in [4.69, 9.17) is 0 Å². The number of rotatable bonds is 1. The molecule has 3 aliphatic rings. The van der Waals surface area contributed by atoms with Gasteiger partial charge >= 0.3 is 0 Å². The van der Waals surface area contributed by atoms with E-state index in [-0.39, 0.29) is 5.54 Å². The van der Waals surface area contributed by atoms with Crippen molar-refractivity contribution in [2.24, 2.45) is 5.92 Å². The molecule has 1 aliphatic carbocycles. The maximum Gasteiger partial charge on any atom is 0.115 e. The van der Waals surface area contributed by atoms with Crippen molar-refractivity contribution in [2.75, 3.05) is 12.3 Å². The van der Waals surface area contributed by atoms with Crippen molar-refractivity contribution in [2.45, 2.75) is 49.9 Å². The van der Waals surface area contributed by atoms with Crippen LogP contribution >= 0.6 is 12.6 Å². The summed E-state index contributed by atoms with van der Waals surface area (Å²) < 4.78 is 13.5. The van der Waals surface area contributed by atoms with Gasteiger partial charge in [0, 0.05) is 23.9 Å². The van der Waals surface area contributed by atoms with E-state index < -0.39 is 6.17 Å². The summed E-state index contributed by atoms with van der Waals surface area (Å²) in [6.45, 7) is 0.682. The average Bonchev–Trinajstić information content (AvgIpc) is 2.74. The predicted molar refractivity (Wildman–Crippen MR) is 58.5 cm³/mol. The van der Waals surface area contributed by atoms with Crippen LogP contribution in [0.4, 0.5) is 4.39 Å². The number of halogens is 1. The molecule has 0 unspecified atom stereocenters. The van der Waals surface area contributed by atoms with Gasteiger partial charge in [0.25, 0.3) is 0 Å². The minimum atomic E-state index is -0.594. The van der Waals surface area contributed by atoms with E-state index >= 15 is 0 Å². The van der Waals surface area contributed by atoms with Gasteiger partial charge in [-0.2, -0.15) is 12.6 Å². The van der Waals surface area contributed by atoms with Crippen molar-refractivity contribution in [1.29, 1.82) is 0 Å². The maximum atomic E-state index is 13.5. The third-order valence-electron chi connectivity index (χ3n) is 4.56. The van der Waals surface area contributed by atoms with Crippen molar-refractivity contribution < 1.29 is 4.39 Å². The Morgan fingerprint density at radius 1 is 1.36 bits per heavy atom. The summed E-state index contributed by atoms with van der Waals surface area (Å²) in [5, 5.41) is 0. The monoisotopic (exact) mass is 215 g/mol. The fraction of sp³-hybridized carbons (Fsp3) is 1.00. The van der Waals surface area contributed by atoms with Crippen LogP contribution in [0, 0.1) is 5.92 Å². The smallest absolute Gasteiger partial charge is 0.115 e. The molecular weight excluding hydrogens is 197 g/mol. The molecule has 0 aromatic heterocycles. The molecule has 80 valence electrons. The van der Waals surface area contributed by atoms with Gasteiger partial charge in [0.1, 0.15) is 6.17 Å². The molecule has 3 rings (SSSR count). The maximum absolute atomic E-state index is 13.5. The van der Waals surface area contributed by atoms with Gasteiger partial charge < -0.3 is 0 Å². The first-order valence-corrected chi connectivity index (χ1v) is 6.40. The van der Waals surface area contributed by atoms with E-state index in [1.54, 1.807) is 0 Å². The normalized spacial score (nSPS) is 52.3. The van der Waals surface area contributed by atoms with Crippen molar-refractivity contribution in [3.63, 3.8) is 0 Å². The summed E-state index contributed by atoms with van der Waals surface area (Å²) in [7, 11) is 0. The molecule has 2 heterocycles. The van der Waals surface area contributed by atoms with E-state index in [1.165, 1.54) is 25.7 Å². The van der Waals surface area contributed by atoms with Gasteiger partial charge in [-0.15, -0.1) is 0 Å². The van der Waals surface area contributed by atoms with Gasteiger partial charge in [0.05, 0.1) is 0 Å². The molecule has 0 spiro atoms. The van der Waals surface area contributed by atoms with Gasteiger partial charge in [-0.05, 0) is 31.6 Å². The third kappa shape index (κ3) is 1.12. The molecule has 0 amide bonds. The summed E-state index contributed by atoms with van der Waals surface area (Å²) in [6, 6.07) is 0.697. The molecule has 0 bridgehead atoms. The number of nitrogens with zero attached hydrogens (tertiary/aromatic N) is 1. The van der Waals surface area contributed by atoms with Crippen LogP contribution < -0.4 is 0 Å². The Kier molecular flexibility index (Phi) is 2.11. The number of thiol groups is 1. The molecule has 0 N–H and O–H groups in total. The topological polar surface area (TPSA) is 3.24 Å². The number of hydrogen-bond donors (Lipinski definition) is 1. The van der Waals surface area contributed by atoms with Crippen LogP contribution in [-0.4, -0.2) is 34.9 Å². The number of hydrogen-bond acceptors (Lipinski definition) is 2. The Hall–Kier alpha value is 0.240. The molecule has 0 aromatic carbocycles. The fourth-order valence-corrected chi connectivity index (χ4v) is 4.50. The highest BCUT2D eigenvalue weighted by atomic mass is 32.1. The van der Waals surface area contributed by atoms with E-state index in [2.05, 4.69) is 17.5 Å². The zero-order chi connectivity index (χ0) is 9.76. The van der Waals surface area contributed by atoms with E-state index in [0.29, 0.717) is 12.6 Å². The first-order chi connectivity index (χ1) is 6.75. The second kappa shape index (κ2) is 3.11. The van der Waals surface area contributed by atoms with Crippen molar-refractivity contribution >= 4 is 12.6 Å². The molecule has 4 atom stereocenters. The SMILES string of the molecule is F[C@H]1CN2[C@@H]3CCC[C@@H]3C[C@]2(CS)C1. The van der Waals surface area contributed by atoms with Gasteiger partial charge in [-0.3, -0.25) is 4.90 Å². The molecule has 2 saturated heterocycles. The highest BCUT2D eigenvalue weighted by Crippen LogP contribution is 2.52. The zero-order valence-corrected chi connectivity index (χ0v) is 9.35. The van der Waals surface area contributed by atoms with Gasteiger partial charge in [-0.25, -0.2) is 4.39 Å². The van der Waals surface area contributed by atoms with Gasteiger partial charge in [0.2, 0.25) is 0 Å². The fourth-order valence-electron chi connectivity index (χ4n) is 4.06. The van der Waals surface area contributed by atoms with Crippen molar-refractivity contribution in [1.82, 2.24) is 4.90 Å². The van der Waals surface area contributed by atoms with E-state index in [9.17, 15) is 4.39 Å². The Morgan fingerprint density at radius 2 is 2.21 bits per heavy atom. The molecule has 0 aromatic rings. The number of fused-ring (bicyclic) bond motifs is 3. The average molecular weight is 215 g/mol. The van der Waals surface area contributed by atoms with Crippen LogP contribution in [0.1, 0.15) is 32.1 Å². The second-order valence-corrected chi connectivity index (χ2v) is 5.61. The molecule has 3 fully saturated rings. The largest absolute Gasteiger partial charge is 0.291 e. The molecule has 1 nitrogen and oxygen atoms in total. The molecular formula is C11H18FNS. The summed E-state index contributed by atoms with van der Waals surface area (Å²) in [5.41, 5.74) is 0.137. The molecule has 14 heavy (non-hydrogen) atoms. The van der Waals surface area contributed by atoms with Crippen molar-refractivity contribution in [3.8, 4) is 0 Å².